The van der Waals surface area contributed by atoms with E-state index in [2.05, 4.69) is 10.3 Å². The van der Waals surface area contributed by atoms with Crippen LogP contribution in [0.4, 0.5) is 4.39 Å². The third kappa shape index (κ3) is 4.23. The van der Waals surface area contributed by atoms with Crippen LogP contribution in [0.5, 0.6) is 0 Å². The second-order valence-corrected chi connectivity index (χ2v) is 6.98. The van der Waals surface area contributed by atoms with E-state index in [1.54, 1.807) is 19.1 Å². The van der Waals surface area contributed by atoms with Gasteiger partial charge in [-0.1, -0.05) is 12.1 Å². The Labute approximate surface area is 159 Å². The fraction of sp³-hybridized carbons (Fsp3) is 0.316. The number of thiophene rings is 1. The van der Waals surface area contributed by atoms with Crippen molar-refractivity contribution < 1.29 is 13.9 Å². The summed E-state index contributed by atoms with van der Waals surface area (Å²) in [5.74, 6) is -0.600. The lowest BCUT2D eigenvalue weighted by Gasteiger charge is -2.05. The van der Waals surface area contributed by atoms with E-state index in [-0.39, 0.29) is 23.8 Å². The number of amides is 1. The predicted molar refractivity (Wildman–Crippen MR) is 103 cm³/mol. The van der Waals surface area contributed by atoms with Gasteiger partial charge < -0.3 is 10.1 Å². The van der Waals surface area contributed by atoms with Crippen LogP contribution in [0.15, 0.2) is 35.4 Å². The fourth-order valence-electron chi connectivity index (χ4n) is 2.71. The molecule has 0 aliphatic heterocycles. The Kier molecular flexibility index (Phi) is 5.98. The SMILES string of the molecule is CCOCCn1cnc2sc(C(=O)NCc3ccc(F)cc3)c(C)c2c1=O. The van der Waals surface area contributed by atoms with E-state index in [1.807, 2.05) is 6.92 Å². The topological polar surface area (TPSA) is 73.2 Å². The van der Waals surface area contributed by atoms with E-state index in [1.165, 1.54) is 34.4 Å². The fourth-order valence-corrected chi connectivity index (χ4v) is 3.76. The Morgan fingerprint density at radius 3 is 2.78 bits per heavy atom. The van der Waals surface area contributed by atoms with Gasteiger partial charge in [0.25, 0.3) is 11.5 Å². The Morgan fingerprint density at radius 2 is 2.07 bits per heavy atom. The van der Waals surface area contributed by atoms with Crippen LogP contribution in [-0.2, 0) is 17.8 Å². The van der Waals surface area contributed by atoms with E-state index in [9.17, 15) is 14.0 Å². The zero-order valence-electron chi connectivity index (χ0n) is 15.1. The summed E-state index contributed by atoms with van der Waals surface area (Å²) in [5.41, 5.74) is 1.24. The molecule has 2 heterocycles. The molecule has 0 atom stereocenters. The molecule has 0 unspecified atom stereocenters. The summed E-state index contributed by atoms with van der Waals surface area (Å²) in [7, 11) is 0. The lowest BCUT2D eigenvalue weighted by molar-refractivity contribution is 0.0954. The highest BCUT2D eigenvalue weighted by Crippen LogP contribution is 2.26. The standard InChI is InChI=1S/C19H20FN3O3S/c1-3-26-9-8-23-11-22-18-15(19(23)25)12(2)16(27-18)17(24)21-10-13-4-6-14(20)7-5-13/h4-7,11H,3,8-10H2,1-2H3,(H,21,24). The maximum Gasteiger partial charge on any atom is 0.262 e. The van der Waals surface area contributed by atoms with Crippen LogP contribution >= 0.6 is 11.3 Å². The highest BCUT2D eigenvalue weighted by atomic mass is 32.1. The monoisotopic (exact) mass is 389 g/mol. The van der Waals surface area contributed by atoms with Gasteiger partial charge in [0.15, 0.2) is 0 Å². The number of hydrogen-bond acceptors (Lipinski definition) is 5. The van der Waals surface area contributed by atoms with Gasteiger partial charge in [0.2, 0.25) is 0 Å². The number of halogens is 1. The first-order valence-electron chi connectivity index (χ1n) is 8.60. The maximum atomic E-state index is 13.0. The third-order valence-electron chi connectivity index (χ3n) is 4.17. The number of fused-ring (bicyclic) bond motifs is 1. The number of carbonyl (C=O) groups is 1. The molecule has 0 saturated carbocycles. The van der Waals surface area contributed by atoms with Crippen molar-refractivity contribution in [2.75, 3.05) is 13.2 Å². The molecule has 6 nitrogen and oxygen atoms in total. The molecule has 142 valence electrons. The first-order valence-corrected chi connectivity index (χ1v) is 9.41. The molecule has 1 aromatic carbocycles. The van der Waals surface area contributed by atoms with Crippen molar-refractivity contribution in [3.8, 4) is 0 Å². The molecule has 3 rings (SSSR count). The number of benzene rings is 1. The number of ether oxygens (including phenoxy) is 1. The Balaban J connectivity index is 1.81. The number of carbonyl (C=O) groups excluding carboxylic acids is 1. The van der Waals surface area contributed by atoms with Crippen LogP contribution in [0.25, 0.3) is 10.2 Å². The minimum Gasteiger partial charge on any atom is -0.380 e. The molecule has 27 heavy (non-hydrogen) atoms. The lowest BCUT2D eigenvalue weighted by Crippen LogP contribution is -2.24. The zero-order chi connectivity index (χ0) is 19.4. The largest absolute Gasteiger partial charge is 0.380 e. The van der Waals surface area contributed by atoms with Gasteiger partial charge in [-0.3, -0.25) is 14.2 Å². The number of nitrogens with one attached hydrogen (secondary N) is 1. The van der Waals surface area contributed by atoms with Crippen molar-refractivity contribution in [2.24, 2.45) is 0 Å². The van der Waals surface area contributed by atoms with E-state index in [4.69, 9.17) is 4.74 Å². The molecule has 0 fully saturated rings. The summed E-state index contributed by atoms with van der Waals surface area (Å²) >= 11 is 1.19. The van der Waals surface area contributed by atoms with Gasteiger partial charge in [0.05, 0.1) is 29.7 Å². The average Bonchev–Trinajstić information content (AvgIpc) is 3.00. The number of hydrogen-bond donors (Lipinski definition) is 1. The molecular weight excluding hydrogens is 369 g/mol. The van der Waals surface area contributed by atoms with Crippen LogP contribution < -0.4 is 10.9 Å². The number of aromatic nitrogens is 2. The molecule has 0 aliphatic carbocycles. The van der Waals surface area contributed by atoms with Crippen LogP contribution in [0, 0.1) is 12.7 Å². The van der Waals surface area contributed by atoms with Gasteiger partial charge >= 0.3 is 0 Å². The van der Waals surface area contributed by atoms with E-state index in [0.717, 1.165) is 5.56 Å². The lowest BCUT2D eigenvalue weighted by atomic mass is 10.2. The molecule has 0 aliphatic rings. The molecule has 1 amide bonds. The number of aryl methyl sites for hydroxylation is 1. The highest BCUT2D eigenvalue weighted by molar-refractivity contribution is 7.20. The molecule has 0 spiro atoms. The summed E-state index contributed by atoms with van der Waals surface area (Å²) in [6, 6.07) is 5.93. The minimum absolute atomic E-state index is 0.175. The normalized spacial score (nSPS) is 11.1. The van der Waals surface area contributed by atoms with Crippen molar-refractivity contribution in [3.63, 3.8) is 0 Å². The Bertz CT molecular complexity index is 1010. The van der Waals surface area contributed by atoms with Gasteiger partial charge in [-0.05, 0) is 37.1 Å². The van der Waals surface area contributed by atoms with Crippen LogP contribution in [0.3, 0.4) is 0 Å². The Hall–Kier alpha value is -2.58. The molecule has 1 N–H and O–H groups in total. The van der Waals surface area contributed by atoms with Crippen LogP contribution in [-0.4, -0.2) is 28.7 Å². The summed E-state index contributed by atoms with van der Waals surface area (Å²) in [6.07, 6.45) is 1.49. The molecule has 2 aromatic heterocycles. The molecule has 0 saturated heterocycles. The van der Waals surface area contributed by atoms with Gasteiger partial charge in [0, 0.05) is 13.2 Å². The number of nitrogens with zero attached hydrogens (tertiary/aromatic N) is 2. The van der Waals surface area contributed by atoms with Gasteiger partial charge in [-0.2, -0.15) is 0 Å². The third-order valence-corrected chi connectivity index (χ3v) is 5.37. The molecule has 0 bridgehead atoms. The molecular formula is C19H20FN3O3S. The quantitative estimate of drug-likeness (QED) is 0.631. The second kappa shape index (κ2) is 8.41. The van der Waals surface area contributed by atoms with Crippen molar-refractivity contribution in [1.82, 2.24) is 14.9 Å². The maximum absolute atomic E-state index is 13.0. The summed E-state index contributed by atoms with van der Waals surface area (Å²) in [6.45, 7) is 5.35. The van der Waals surface area contributed by atoms with Crippen LogP contribution in [0.1, 0.15) is 27.7 Å². The van der Waals surface area contributed by atoms with Gasteiger partial charge in [-0.15, -0.1) is 11.3 Å². The van der Waals surface area contributed by atoms with Crippen molar-refractivity contribution in [2.45, 2.75) is 26.9 Å². The predicted octanol–water partition coefficient (Wildman–Crippen LogP) is 2.87. The zero-order valence-corrected chi connectivity index (χ0v) is 15.9. The molecule has 8 heteroatoms. The molecule has 0 radical (unpaired) electrons. The summed E-state index contributed by atoms with van der Waals surface area (Å²) in [4.78, 5) is 30.6. The van der Waals surface area contributed by atoms with Gasteiger partial charge in [0.1, 0.15) is 10.6 Å². The van der Waals surface area contributed by atoms with Gasteiger partial charge in [-0.25, -0.2) is 9.37 Å². The average molecular weight is 389 g/mol. The van der Waals surface area contributed by atoms with E-state index >= 15 is 0 Å². The first kappa shape index (κ1) is 19.2. The summed E-state index contributed by atoms with van der Waals surface area (Å²) < 4.78 is 19.7. The van der Waals surface area contributed by atoms with E-state index in [0.29, 0.717) is 40.4 Å². The first-order chi connectivity index (χ1) is 13.0. The Morgan fingerprint density at radius 1 is 1.33 bits per heavy atom. The minimum atomic E-state index is -0.322. The molecule has 3 aromatic rings. The second-order valence-electron chi connectivity index (χ2n) is 5.99. The summed E-state index contributed by atoms with van der Waals surface area (Å²) in [5, 5.41) is 3.27. The highest BCUT2D eigenvalue weighted by Gasteiger charge is 2.19. The van der Waals surface area contributed by atoms with Crippen molar-refractivity contribution >= 4 is 27.5 Å². The van der Waals surface area contributed by atoms with Crippen molar-refractivity contribution in [3.05, 3.63) is 62.8 Å². The number of rotatable bonds is 7. The smallest absolute Gasteiger partial charge is 0.262 e. The van der Waals surface area contributed by atoms with Crippen molar-refractivity contribution in [1.29, 1.82) is 0 Å². The van der Waals surface area contributed by atoms with Crippen LogP contribution in [0.2, 0.25) is 0 Å². The van der Waals surface area contributed by atoms with E-state index < -0.39 is 0 Å².